The van der Waals surface area contributed by atoms with Gasteiger partial charge in [0.1, 0.15) is 5.15 Å². The van der Waals surface area contributed by atoms with Crippen molar-refractivity contribution in [2.75, 3.05) is 6.54 Å². The molecule has 62 valence electrons. The average molecular weight is 181 g/mol. The summed E-state index contributed by atoms with van der Waals surface area (Å²) < 4.78 is 0. The standard InChI is InChI=1S/C9H9ClN2/c10-9-7(3-1-6-12-9)8-4-2-5-11-8/h1,3,6H,2,4-5H2. The number of aliphatic imine (C=N–C) groups is 1. The maximum atomic E-state index is 5.91. The smallest absolute Gasteiger partial charge is 0.138 e. The highest BCUT2D eigenvalue weighted by Gasteiger charge is 2.11. The van der Waals surface area contributed by atoms with Crippen molar-refractivity contribution in [3.8, 4) is 0 Å². The average Bonchev–Trinajstić information content (AvgIpc) is 2.57. The van der Waals surface area contributed by atoms with Gasteiger partial charge in [0.15, 0.2) is 0 Å². The first-order valence-electron chi connectivity index (χ1n) is 4.02. The lowest BCUT2D eigenvalue weighted by Gasteiger charge is -2.00. The molecule has 0 spiro atoms. The van der Waals surface area contributed by atoms with E-state index in [0.29, 0.717) is 5.15 Å². The van der Waals surface area contributed by atoms with Gasteiger partial charge < -0.3 is 0 Å². The summed E-state index contributed by atoms with van der Waals surface area (Å²) in [6.45, 7) is 0.931. The minimum Gasteiger partial charge on any atom is -0.289 e. The summed E-state index contributed by atoms with van der Waals surface area (Å²) in [5, 5.41) is 0.568. The summed E-state index contributed by atoms with van der Waals surface area (Å²) in [4.78, 5) is 8.37. The number of nitrogens with zero attached hydrogens (tertiary/aromatic N) is 2. The van der Waals surface area contributed by atoms with Gasteiger partial charge in [0.2, 0.25) is 0 Å². The van der Waals surface area contributed by atoms with Crippen LogP contribution in [-0.2, 0) is 0 Å². The second-order valence-corrected chi connectivity index (χ2v) is 3.13. The molecule has 1 aliphatic heterocycles. The fourth-order valence-electron chi connectivity index (χ4n) is 1.36. The molecule has 0 aromatic carbocycles. The van der Waals surface area contributed by atoms with Crippen molar-refractivity contribution in [3.63, 3.8) is 0 Å². The summed E-state index contributed by atoms with van der Waals surface area (Å²) in [5.74, 6) is 0. The van der Waals surface area contributed by atoms with E-state index in [9.17, 15) is 0 Å². The predicted molar refractivity (Wildman–Crippen MR) is 49.9 cm³/mol. The summed E-state index contributed by atoms with van der Waals surface area (Å²) in [5.41, 5.74) is 2.10. The van der Waals surface area contributed by atoms with Crippen LogP contribution < -0.4 is 0 Å². The highest BCUT2D eigenvalue weighted by atomic mass is 35.5. The van der Waals surface area contributed by atoms with Crippen molar-refractivity contribution in [2.24, 2.45) is 4.99 Å². The molecule has 2 rings (SSSR count). The van der Waals surface area contributed by atoms with Crippen LogP contribution in [0.4, 0.5) is 0 Å². The third-order valence-electron chi connectivity index (χ3n) is 1.94. The van der Waals surface area contributed by atoms with Crippen LogP contribution in [0.5, 0.6) is 0 Å². The minimum absolute atomic E-state index is 0.568. The van der Waals surface area contributed by atoms with Gasteiger partial charge in [0, 0.05) is 24.0 Å². The minimum atomic E-state index is 0.568. The van der Waals surface area contributed by atoms with Crippen molar-refractivity contribution in [2.45, 2.75) is 12.8 Å². The van der Waals surface area contributed by atoms with Gasteiger partial charge in [-0.1, -0.05) is 11.6 Å². The third kappa shape index (κ3) is 1.34. The van der Waals surface area contributed by atoms with E-state index in [1.807, 2.05) is 12.1 Å². The molecule has 0 bridgehead atoms. The molecule has 1 aromatic rings. The molecule has 0 N–H and O–H groups in total. The molecule has 0 saturated carbocycles. The summed E-state index contributed by atoms with van der Waals surface area (Å²) in [6.07, 6.45) is 3.87. The first-order valence-corrected chi connectivity index (χ1v) is 4.40. The van der Waals surface area contributed by atoms with Gasteiger partial charge in [-0.15, -0.1) is 0 Å². The van der Waals surface area contributed by atoms with Gasteiger partial charge in [0.25, 0.3) is 0 Å². The van der Waals surface area contributed by atoms with E-state index >= 15 is 0 Å². The molecule has 3 heteroatoms. The molecule has 1 aliphatic rings. The predicted octanol–water partition coefficient (Wildman–Crippen LogP) is 2.32. The van der Waals surface area contributed by atoms with Crippen LogP contribution in [0.1, 0.15) is 18.4 Å². The van der Waals surface area contributed by atoms with Crippen molar-refractivity contribution in [1.82, 2.24) is 4.98 Å². The molecule has 1 aromatic heterocycles. The molecule has 2 heterocycles. The van der Waals surface area contributed by atoms with E-state index in [-0.39, 0.29) is 0 Å². The summed E-state index contributed by atoms with van der Waals surface area (Å²) in [7, 11) is 0. The number of halogens is 1. The Balaban J connectivity index is 2.39. The largest absolute Gasteiger partial charge is 0.289 e. The van der Waals surface area contributed by atoms with Gasteiger partial charge in [-0.3, -0.25) is 4.99 Å². The monoisotopic (exact) mass is 180 g/mol. The van der Waals surface area contributed by atoms with Crippen molar-refractivity contribution >= 4 is 17.3 Å². The molecule has 0 unspecified atom stereocenters. The zero-order chi connectivity index (χ0) is 8.39. The topological polar surface area (TPSA) is 25.2 Å². The zero-order valence-corrected chi connectivity index (χ0v) is 7.38. The second-order valence-electron chi connectivity index (χ2n) is 2.77. The Kier molecular flexibility index (Phi) is 2.09. The third-order valence-corrected chi connectivity index (χ3v) is 2.25. The lowest BCUT2D eigenvalue weighted by Crippen LogP contribution is -1.97. The molecule has 12 heavy (non-hydrogen) atoms. The van der Waals surface area contributed by atoms with E-state index < -0.39 is 0 Å². The molecule has 0 saturated heterocycles. The normalized spacial score (nSPS) is 16.2. The van der Waals surface area contributed by atoms with Crippen LogP contribution >= 0.6 is 11.6 Å². The first kappa shape index (κ1) is 7.74. The SMILES string of the molecule is Clc1ncccc1C1=NCCC1. The number of rotatable bonds is 1. The van der Waals surface area contributed by atoms with Crippen LogP contribution in [0.25, 0.3) is 0 Å². The Morgan fingerprint density at radius 1 is 1.42 bits per heavy atom. The van der Waals surface area contributed by atoms with Gasteiger partial charge in [-0.25, -0.2) is 4.98 Å². The number of aromatic nitrogens is 1. The molecular formula is C9H9ClN2. The fraction of sp³-hybridized carbons (Fsp3) is 0.333. The van der Waals surface area contributed by atoms with Crippen LogP contribution in [0.2, 0.25) is 5.15 Å². The molecule has 0 radical (unpaired) electrons. The van der Waals surface area contributed by atoms with Crippen molar-refractivity contribution in [3.05, 3.63) is 29.0 Å². The maximum Gasteiger partial charge on any atom is 0.138 e. The van der Waals surface area contributed by atoms with Crippen LogP contribution in [0, 0.1) is 0 Å². The lowest BCUT2D eigenvalue weighted by atomic mass is 10.1. The summed E-state index contributed by atoms with van der Waals surface area (Å²) >= 11 is 5.91. The van der Waals surface area contributed by atoms with E-state index in [2.05, 4.69) is 9.98 Å². The van der Waals surface area contributed by atoms with Crippen LogP contribution in [0.3, 0.4) is 0 Å². The van der Waals surface area contributed by atoms with Crippen LogP contribution in [0.15, 0.2) is 23.3 Å². The van der Waals surface area contributed by atoms with Gasteiger partial charge >= 0.3 is 0 Å². The highest BCUT2D eigenvalue weighted by Crippen LogP contribution is 2.18. The van der Waals surface area contributed by atoms with Crippen molar-refractivity contribution < 1.29 is 0 Å². The van der Waals surface area contributed by atoms with E-state index in [0.717, 1.165) is 30.7 Å². The number of hydrogen-bond acceptors (Lipinski definition) is 2. The Labute approximate surface area is 76.3 Å². The molecule has 0 atom stereocenters. The van der Waals surface area contributed by atoms with E-state index in [1.54, 1.807) is 6.20 Å². The number of hydrogen-bond donors (Lipinski definition) is 0. The molecular weight excluding hydrogens is 172 g/mol. The summed E-state index contributed by atoms with van der Waals surface area (Å²) in [6, 6.07) is 3.86. The van der Waals surface area contributed by atoms with Gasteiger partial charge in [-0.2, -0.15) is 0 Å². The Morgan fingerprint density at radius 3 is 3.00 bits per heavy atom. The van der Waals surface area contributed by atoms with E-state index in [1.165, 1.54) is 0 Å². The fourth-order valence-corrected chi connectivity index (χ4v) is 1.59. The molecule has 0 aliphatic carbocycles. The van der Waals surface area contributed by atoms with Crippen LogP contribution in [-0.4, -0.2) is 17.2 Å². The quantitative estimate of drug-likeness (QED) is 0.609. The van der Waals surface area contributed by atoms with Crippen molar-refractivity contribution in [1.29, 1.82) is 0 Å². The Morgan fingerprint density at radius 2 is 2.33 bits per heavy atom. The number of pyridine rings is 1. The Hall–Kier alpha value is -0.890. The first-order chi connectivity index (χ1) is 5.88. The lowest BCUT2D eigenvalue weighted by molar-refractivity contribution is 0.951. The molecule has 0 amide bonds. The maximum absolute atomic E-state index is 5.91. The molecule has 2 nitrogen and oxygen atoms in total. The van der Waals surface area contributed by atoms with E-state index in [4.69, 9.17) is 11.6 Å². The highest BCUT2D eigenvalue weighted by molar-refractivity contribution is 6.33. The zero-order valence-electron chi connectivity index (χ0n) is 6.63. The Bertz CT molecular complexity index is 320. The van der Waals surface area contributed by atoms with Gasteiger partial charge in [-0.05, 0) is 25.0 Å². The second kappa shape index (κ2) is 3.23. The molecule has 0 fully saturated rings. The van der Waals surface area contributed by atoms with Gasteiger partial charge in [0.05, 0.1) is 0 Å².